The maximum Gasteiger partial charge on any atom is 0.172 e. The molecule has 0 unspecified atom stereocenters. The van der Waals surface area contributed by atoms with Gasteiger partial charge in [-0.15, -0.1) is 0 Å². The van der Waals surface area contributed by atoms with Crippen molar-refractivity contribution in [3.63, 3.8) is 0 Å². The molecule has 0 saturated carbocycles. The van der Waals surface area contributed by atoms with Gasteiger partial charge >= 0.3 is 0 Å². The van der Waals surface area contributed by atoms with Gasteiger partial charge in [0.1, 0.15) is 5.75 Å². The Morgan fingerprint density at radius 2 is 1.94 bits per heavy atom. The zero-order chi connectivity index (χ0) is 13.7. The second-order valence-electron chi connectivity index (χ2n) is 4.93. The first-order valence-corrected chi connectivity index (χ1v) is 7.37. The fourth-order valence-electron chi connectivity index (χ4n) is 1.53. The van der Waals surface area contributed by atoms with Gasteiger partial charge in [0, 0.05) is 5.56 Å². The summed E-state index contributed by atoms with van der Waals surface area (Å²) in [5.74, 6) is 1.59. The van der Waals surface area contributed by atoms with Crippen molar-refractivity contribution in [2.45, 2.75) is 46.0 Å². The molecule has 0 aliphatic rings. The van der Waals surface area contributed by atoms with Crippen LogP contribution < -0.4 is 4.74 Å². The highest BCUT2D eigenvalue weighted by atomic mass is 32.2. The van der Waals surface area contributed by atoms with Gasteiger partial charge in [-0.3, -0.25) is 4.79 Å². The molecule has 100 valence electrons. The van der Waals surface area contributed by atoms with Crippen LogP contribution in [0.1, 0.15) is 43.6 Å². The van der Waals surface area contributed by atoms with E-state index >= 15 is 0 Å². The first-order valence-electron chi connectivity index (χ1n) is 6.32. The van der Waals surface area contributed by atoms with Gasteiger partial charge in [0.25, 0.3) is 0 Å². The third kappa shape index (κ3) is 4.73. The van der Waals surface area contributed by atoms with Crippen molar-refractivity contribution in [3.8, 4) is 5.75 Å². The number of carbonyl (C=O) groups is 1. The average molecular weight is 266 g/mol. The molecule has 0 aliphatic carbocycles. The molecule has 0 heterocycles. The van der Waals surface area contributed by atoms with Crippen molar-refractivity contribution in [1.29, 1.82) is 0 Å². The lowest BCUT2D eigenvalue weighted by Gasteiger charge is -2.13. The van der Waals surface area contributed by atoms with Crippen LogP contribution in [0.2, 0.25) is 0 Å². The number of hydrogen-bond acceptors (Lipinski definition) is 3. The van der Waals surface area contributed by atoms with E-state index in [9.17, 15) is 4.79 Å². The van der Waals surface area contributed by atoms with Crippen LogP contribution >= 0.6 is 11.8 Å². The van der Waals surface area contributed by atoms with Crippen LogP contribution in [0.3, 0.4) is 0 Å². The monoisotopic (exact) mass is 266 g/mol. The third-order valence-electron chi connectivity index (χ3n) is 2.41. The molecule has 0 bridgehead atoms. The molecule has 1 aromatic carbocycles. The topological polar surface area (TPSA) is 26.3 Å². The molecular formula is C15H22O2S. The lowest BCUT2D eigenvalue weighted by Crippen LogP contribution is -2.08. The second-order valence-corrected chi connectivity index (χ2v) is 6.49. The number of carbonyl (C=O) groups excluding carboxylic acids is 1. The van der Waals surface area contributed by atoms with E-state index in [1.54, 1.807) is 11.8 Å². The van der Waals surface area contributed by atoms with Crippen LogP contribution in [0.4, 0.5) is 0 Å². The van der Waals surface area contributed by atoms with Crippen molar-refractivity contribution in [1.82, 2.24) is 0 Å². The molecule has 0 radical (unpaired) electrons. The van der Waals surface area contributed by atoms with Crippen LogP contribution in [0.5, 0.6) is 5.75 Å². The Hall–Kier alpha value is -0.960. The normalized spacial score (nSPS) is 11.1. The Balaban J connectivity index is 2.74. The predicted octanol–water partition coefficient (Wildman–Crippen LogP) is 4.11. The lowest BCUT2D eigenvalue weighted by atomic mass is 10.1. The molecule has 2 nitrogen and oxygen atoms in total. The molecule has 0 spiro atoms. The summed E-state index contributed by atoms with van der Waals surface area (Å²) < 4.78 is 5.66. The predicted molar refractivity (Wildman–Crippen MR) is 78.9 cm³/mol. The highest BCUT2D eigenvalue weighted by molar-refractivity contribution is 8.00. The zero-order valence-corrected chi connectivity index (χ0v) is 12.6. The van der Waals surface area contributed by atoms with Gasteiger partial charge in [0.05, 0.1) is 11.9 Å². The number of benzene rings is 1. The molecule has 3 heteroatoms. The van der Waals surface area contributed by atoms with Gasteiger partial charge in [-0.05, 0) is 49.8 Å². The Kier molecular flexibility index (Phi) is 5.73. The fourth-order valence-corrected chi connectivity index (χ4v) is 2.19. The molecule has 0 atom stereocenters. The fraction of sp³-hybridized carbons (Fsp3) is 0.533. The Bertz CT molecular complexity index is 411. The third-order valence-corrected chi connectivity index (χ3v) is 3.50. The summed E-state index contributed by atoms with van der Waals surface area (Å²) in [6.45, 7) is 10.2. The molecular weight excluding hydrogens is 244 g/mol. The van der Waals surface area contributed by atoms with E-state index in [0.29, 0.717) is 11.0 Å². The van der Waals surface area contributed by atoms with Crippen LogP contribution in [0, 0.1) is 6.92 Å². The summed E-state index contributed by atoms with van der Waals surface area (Å²) in [5, 5.41) is 0.485. The van der Waals surface area contributed by atoms with Gasteiger partial charge < -0.3 is 4.74 Å². The Morgan fingerprint density at radius 3 is 2.44 bits per heavy atom. The number of hydrogen-bond donors (Lipinski definition) is 0. The van der Waals surface area contributed by atoms with E-state index in [4.69, 9.17) is 4.74 Å². The quantitative estimate of drug-likeness (QED) is 0.725. The Labute approximate surface area is 114 Å². The molecule has 0 saturated heterocycles. The van der Waals surface area contributed by atoms with Crippen LogP contribution in [0.15, 0.2) is 18.2 Å². The number of rotatable bonds is 6. The molecule has 18 heavy (non-hydrogen) atoms. The second kappa shape index (κ2) is 6.83. The summed E-state index contributed by atoms with van der Waals surface area (Å²) >= 11 is 1.67. The molecule has 0 aromatic heterocycles. The average Bonchev–Trinajstić information content (AvgIpc) is 2.28. The summed E-state index contributed by atoms with van der Waals surface area (Å²) in [7, 11) is 0. The molecule has 0 N–H and O–H groups in total. The molecule has 0 aliphatic heterocycles. The lowest BCUT2D eigenvalue weighted by molar-refractivity contribution is 0.102. The van der Waals surface area contributed by atoms with E-state index < -0.39 is 0 Å². The molecule has 0 amide bonds. The number of thioether (sulfide) groups is 1. The first-order chi connectivity index (χ1) is 8.40. The van der Waals surface area contributed by atoms with Gasteiger partial charge in [-0.25, -0.2) is 0 Å². The van der Waals surface area contributed by atoms with Crippen LogP contribution in [-0.2, 0) is 0 Å². The van der Waals surface area contributed by atoms with Gasteiger partial charge in [-0.1, -0.05) is 13.8 Å². The molecule has 0 fully saturated rings. The highest BCUT2D eigenvalue weighted by Crippen LogP contribution is 2.21. The van der Waals surface area contributed by atoms with Crippen molar-refractivity contribution in [2.24, 2.45) is 0 Å². The van der Waals surface area contributed by atoms with Crippen molar-refractivity contribution in [3.05, 3.63) is 29.3 Å². The maximum absolute atomic E-state index is 12.0. The molecule has 1 aromatic rings. The summed E-state index contributed by atoms with van der Waals surface area (Å²) in [4.78, 5) is 12.0. The summed E-state index contributed by atoms with van der Waals surface area (Å²) in [5.41, 5.74) is 1.79. The minimum atomic E-state index is 0.154. The first kappa shape index (κ1) is 15.1. The van der Waals surface area contributed by atoms with E-state index in [1.165, 1.54) is 0 Å². The van der Waals surface area contributed by atoms with Crippen LogP contribution in [0.25, 0.3) is 0 Å². The number of ether oxygens (including phenoxy) is 1. The summed E-state index contributed by atoms with van der Waals surface area (Å²) in [6.07, 6.45) is 0.154. The molecule has 1 rings (SSSR count). The largest absolute Gasteiger partial charge is 0.491 e. The number of ketones is 1. The van der Waals surface area contributed by atoms with Crippen LogP contribution in [-0.4, -0.2) is 22.9 Å². The van der Waals surface area contributed by atoms with E-state index in [2.05, 4.69) is 13.8 Å². The van der Waals surface area contributed by atoms with Gasteiger partial charge in [0.15, 0.2) is 5.78 Å². The van der Waals surface area contributed by atoms with E-state index in [0.717, 1.165) is 16.9 Å². The van der Waals surface area contributed by atoms with E-state index in [-0.39, 0.29) is 11.9 Å². The minimum absolute atomic E-state index is 0.154. The minimum Gasteiger partial charge on any atom is -0.491 e. The Morgan fingerprint density at radius 1 is 1.28 bits per heavy atom. The van der Waals surface area contributed by atoms with Crippen molar-refractivity contribution in [2.75, 3.05) is 5.75 Å². The number of Topliss-reactive ketones (excluding diaryl/α,β-unsaturated/α-hetero) is 1. The number of aryl methyl sites for hydroxylation is 1. The van der Waals surface area contributed by atoms with Crippen molar-refractivity contribution < 1.29 is 9.53 Å². The van der Waals surface area contributed by atoms with Gasteiger partial charge in [-0.2, -0.15) is 11.8 Å². The van der Waals surface area contributed by atoms with E-state index in [1.807, 2.05) is 39.0 Å². The zero-order valence-electron chi connectivity index (χ0n) is 11.8. The summed E-state index contributed by atoms with van der Waals surface area (Å²) in [6, 6.07) is 5.66. The van der Waals surface area contributed by atoms with Gasteiger partial charge in [0.2, 0.25) is 0 Å². The maximum atomic E-state index is 12.0. The standard InChI is InChI=1S/C15H22O2S/c1-10(2)17-15-7-6-13(8-12(15)5)14(16)9-18-11(3)4/h6-8,10-11H,9H2,1-5H3. The SMILES string of the molecule is Cc1cc(C(=O)CSC(C)C)ccc1OC(C)C. The smallest absolute Gasteiger partial charge is 0.172 e. The van der Waals surface area contributed by atoms with Crippen molar-refractivity contribution >= 4 is 17.5 Å². The highest BCUT2D eigenvalue weighted by Gasteiger charge is 2.10.